The number of hydrogen-bond acceptors (Lipinski definition) is 2. The van der Waals surface area contributed by atoms with Crippen molar-refractivity contribution in [3.05, 3.63) is 58.0 Å². The highest BCUT2D eigenvalue weighted by Crippen LogP contribution is 2.08. The number of benzene rings is 1. The number of carbonyl (C=O) groups excluding carboxylic acids is 1. The Balaban J connectivity index is 1.83. The van der Waals surface area contributed by atoms with E-state index in [9.17, 15) is 9.18 Å². The summed E-state index contributed by atoms with van der Waals surface area (Å²) in [5, 5.41) is 4.81. The van der Waals surface area contributed by atoms with Crippen molar-refractivity contribution >= 4 is 17.2 Å². The van der Waals surface area contributed by atoms with Crippen LogP contribution in [0.4, 0.5) is 4.39 Å². The van der Waals surface area contributed by atoms with Crippen LogP contribution >= 0.6 is 11.3 Å². The molecule has 17 heavy (non-hydrogen) atoms. The molecule has 2 aromatic rings. The zero-order valence-corrected chi connectivity index (χ0v) is 9.97. The Hall–Kier alpha value is -1.68. The Morgan fingerprint density at radius 2 is 2.00 bits per heavy atom. The second-order valence-electron chi connectivity index (χ2n) is 3.59. The molecule has 0 aliphatic rings. The average Bonchev–Trinajstić information content (AvgIpc) is 2.83. The standard InChI is InChI=1S/C13H12FNOS/c14-11-5-3-10(4-6-11)13(16)15-8-7-12-2-1-9-17-12/h1-6,9H,7-8H2,(H,15,16). The van der Waals surface area contributed by atoms with Crippen LogP contribution in [-0.4, -0.2) is 12.5 Å². The predicted octanol–water partition coefficient (Wildman–Crippen LogP) is 2.86. The van der Waals surface area contributed by atoms with Crippen LogP contribution in [0.25, 0.3) is 0 Å². The first kappa shape index (κ1) is 11.8. The Bertz CT molecular complexity index is 479. The molecule has 0 spiro atoms. The number of carbonyl (C=O) groups is 1. The van der Waals surface area contributed by atoms with E-state index in [0.29, 0.717) is 12.1 Å². The normalized spacial score (nSPS) is 10.2. The molecular formula is C13H12FNOS. The van der Waals surface area contributed by atoms with Gasteiger partial charge in [-0.2, -0.15) is 0 Å². The molecule has 0 radical (unpaired) electrons. The molecule has 1 aromatic heterocycles. The summed E-state index contributed by atoms with van der Waals surface area (Å²) >= 11 is 1.67. The monoisotopic (exact) mass is 249 g/mol. The minimum atomic E-state index is -0.333. The van der Waals surface area contributed by atoms with Crippen LogP contribution in [0, 0.1) is 5.82 Å². The van der Waals surface area contributed by atoms with Crippen molar-refractivity contribution in [2.75, 3.05) is 6.54 Å². The van der Waals surface area contributed by atoms with E-state index in [4.69, 9.17) is 0 Å². The molecule has 1 aromatic carbocycles. The lowest BCUT2D eigenvalue weighted by Gasteiger charge is -2.04. The quantitative estimate of drug-likeness (QED) is 0.887. The lowest BCUT2D eigenvalue weighted by molar-refractivity contribution is 0.0954. The van der Waals surface area contributed by atoms with Crippen molar-refractivity contribution in [2.24, 2.45) is 0 Å². The van der Waals surface area contributed by atoms with Crippen LogP contribution in [-0.2, 0) is 6.42 Å². The second kappa shape index (κ2) is 5.59. The maximum atomic E-state index is 12.7. The van der Waals surface area contributed by atoms with Crippen molar-refractivity contribution < 1.29 is 9.18 Å². The number of rotatable bonds is 4. The highest BCUT2D eigenvalue weighted by molar-refractivity contribution is 7.09. The first-order valence-corrected chi connectivity index (χ1v) is 6.20. The summed E-state index contributed by atoms with van der Waals surface area (Å²) in [4.78, 5) is 12.9. The number of thiophene rings is 1. The van der Waals surface area contributed by atoms with E-state index in [1.165, 1.54) is 29.1 Å². The highest BCUT2D eigenvalue weighted by atomic mass is 32.1. The zero-order valence-electron chi connectivity index (χ0n) is 9.15. The van der Waals surface area contributed by atoms with Gasteiger partial charge in [0.25, 0.3) is 5.91 Å². The molecule has 0 bridgehead atoms. The number of amides is 1. The highest BCUT2D eigenvalue weighted by Gasteiger charge is 2.04. The van der Waals surface area contributed by atoms with E-state index in [1.54, 1.807) is 11.3 Å². The third-order valence-electron chi connectivity index (χ3n) is 2.34. The molecule has 4 heteroatoms. The summed E-state index contributed by atoms with van der Waals surface area (Å²) < 4.78 is 12.7. The molecule has 0 saturated heterocycles. The lowest BCUT2D eigenvalue weighted by Crippen LogP contribution is -2.25. The van der Waals surface area contributed by atoms with E-state index in [0.717, 1.165) is 6.42 Å². The molecule has 2 nitrogen and oxygen atoms in total. The molecule has 1 N–H and O–H groups in total. The number of halogens is 1. The molecule has 0 aliphatic carbocycles. The van der Waals surface area contributed by atoms with Crippen LogP contribution in [0.3, 0.4) is 0 Å². The second-order valence-corrected chi connectivity index (χ2v) is 4.62. The van der Waals surface area contributed by atoms with Crippen molar-refractivity contribution in [3.8, 4) is 0 Å². The summed E-state index contributed by atoms with van der Waals surface area (Å²) in [7, 11) is 0. The molecular weight excluding hydrogens is 237 g/mol. The van der Waals surface area contributed by atoms with E-state index < -0.39 is 0 Å². The third kappa shape index (κ3) is 3.39. The Kier molecular flexibility index (Phi) is 3.88. The molecule has 1 heterocycles. The summed E-state index contributed by atoms with van der Waals surface area (Å²) in [5.74, 6) is -0.498. The molecule has 1 amide bonds. The Morgan fingerprint density at radius 3 is 2.65 bits per heavy atom. The van der Waals surface area contributed by atoms with Gasteiger partial charge >= 0.3 is 0 Å². The van der Waals surface area contributed by atoms with Crippen molar-refractivity contribution in [1.29, 1.82) is 0 Å². The van der Waals surface area contributed by atoms with Gasteiger partial charge in [0, 0.05) is 17.0 Å². The van der Waals surface area contributed by atoms with Gasteiger partial charge in [0.1, 0.15) is 5.82 Å². The smallest absolute Gasteiger partial charge is 0.251 e. The van der Waals surface area contributed by atoms with E-state index >= 15 is 0 Å². The van der Waals surface area contributed by atoms with Gasteiger partial charge in [-0.25, -0.2) is 4.39 Å². The van der Waals surface area contributed by atoms with Gasteiger partial charge in [0.2, 0.25) is 0 Å². The van der Waals surface area contributed by atoms with Gasteiger partial charge in [-0.15, -0.1) is 11.3 Å². The average molecular weight is 249 g/mol. The predicted molar refractivity (Wildman–Crippen MR) is 66.8 cm³/mol. The maximum absolute atomic E-state index is 12.7. The minimum Gasteiger partial charge on any atom is -0.352 e. The largest absolute Gasteiger partial charge is 0.352 e. The van der Waals surface area contributed by atoms with Crippen LogP contribution in [0.1, 0.15) is 15.2 Å². The van der Waals surface area contributed by atoms with Gasteiger partial charge in [-0.1, -0.05) is 6.07 Å². The fraction of sp³-hybridized carbons (Fsp3) is 0.154. The third-order valence-corrected chi connectivity index (χ3v) is 3.28. The van der Waals surface area contributed by atoms with Crippen LogP contribution in [0.15, 0.2) is 41.8 Å². The molecule has 88 valence electrons. The molecule has 0 unspecified atom stereocenters. The van der Waals surface area contributed by atoms with Gasteiger partial charge < -0.3 is 5.32 Å². The van der Waals surface area contributed by atoms with E-state index in [-0.39, 0.29) is 11.7 Å². The molecule has 0 atom stereocenters. The van der Waals surface area contributed by atoms with Crippen molar-refractivity contribution in [1.82, 2.24) is 5.32 Å². The summed E-state index contributed by atoms with van der Waals surface area (Å²) in [5.41, 5.74) is 0.484. The van der Waals surface area contributed by atoms with Crippen LogP contribution < -0.4 is 5.32 Å². The van der Waals surface area contributed by atoms with E-state index in [2.05, 4.69) is 5.32 Å². The number of hydrogen-bond donors (Lipinski definition) is 1. The summed E-state index contributed by atoms with van der Waals surface area (Å²) in [6.45, 7) is 0.594. The number of nitrogens with one attached hydrogen (secondary N) is 1. The fourth-order valence-electron chi connectivity index (χ4n) is 1.46. The first-order chi connectivity index (χ1) is 8.25. The van der Waals surface area contributed by atoms with Crippen LogP contribution in [0.5, 0.6) is 0 Å². The topological polar surface area (TPSA) is 29.1 Å². The first-order valence-electron chi connectivity index (χ1n) is 5.32. The van der Waals surface area contributed by atoms with Gasteiger partial charge in [-0.05, 0) is 42.1 Å². The lowest BCUT2D eigenvalue weighted by atomic mass is 10.2. The van der Waals surface area contributed by atoms with Gasteiger partial charge in [0.05, 0.1) is 0 Å². The molecule has 0 aliphatic heterocycles. The zero-order chi connectivity index (χ0) is 12.1. The molecule has 2 rings (SSSR count). The Labute approximate surface area is 103 Å². The van der Waals surface area contributed by atoms with Crippen molar-refractivity contribution in [3.63, 3.8) is 0 Å². The van der Waals surface area contributed by atoms with Crippen molar-refractivity contribution in [2.45, 2.75) is 6.42 Å². The fourth-order valence-corrected chi connectivity index (χ4v) is 2.17. The Morgan fingerprint density at radius 1 is 1.24 bits per heavy atom. The maximum Gasteiger partial charge on any atom is 0.251 e. The summed E-state index contributed by atoms with van der Waals surface area (Å²) in [6, 6.07) is 9.56. The minimum absolute atomic E-state index is 0.165. The van der Waals surface area contributed by atoms with Gasteiger partial charge in [0.15, 0.2) is 0 Å². The van der Waals surface area contributed by atoms with Crippen LogP contribution in [0.2, 0.25) is 0 Å². The molecule has 0 saturated carbocycles. The molecule has 0 fully saturated rings. The van der Waals surface area contributed by atoms with E-state index in [1.807, 2.05) is 17.5 Å². The SMILES string of the molecule is O=C(NCCc1cccs1)c1ccc(F)cc1. The summed E-state index contributed by atoms with van der Waals surface area (Å²) in [6.07, 6.45) is 0.824. The van der Waals surface area contributed by atoms with Gasteiger partial charge in [-0.3, -0.25) is 4.79 Å².